The van der Waals surface area contributed by atoms with E-state index in [4.69, 9.17) is 4.74 Å². The van der Waals surface area contributed by atoms with E-state index in [0.29, 0.717) is 11.2 Å². The first-order chi connectivity index (χ1) is 7.71. The molecule has 0 heterocycles. The summed E-state index contributed by atoms with van der Waals surface area (Å²) in [6.45, 7) is 10.1. The average Bonchev–Trinajstić information content (AvgIpc) is 2.15. The summed E-state index contributed by atoms with van der Waals surface area (Å²) >= 11 is 0. The molecule has 0 saturated carbocycles. The van der Waals surface area contributed by atoms with Gasteiger partial charge in [-0.05, 0) is 30.9 Å². The maximum Gasteiger partial charge on any atom is 0.492 e. The van der Waals surface area contributed by atoms with E-state index in [9.17, 15) is 10.0 Å². The van der Waals surface area contributed by atoms with Gasteiger partial charge in [0.05, 0.1) is 6.10 Å². The van der Waals surface area contributed by atoms with Gasteiger partial charge in [-0.1, -0.05) is 32.9 Å². The van der Waals surface area contributed by atoms with E-state index in [1.165, 1.54) is 0 Å². The van der Waals surface area contributed by atoms with Gasteiger partial charge in [-0.3, -0.25) is 0 Å². The van der Waals surface area contributed by atoms with Crippen LogP contribution in [0.3, 0.4) is 0 Å². The molecule has 0 radical (unpaired) electrons. The molecule has 0 unspecified atom stereocenters. The van der Waals surface area contributed by atoms with Gasteiger partial charge in [-0.15, -0.1) is 0 Å². The maximum absolute atomic E-state index is 9.38. The molecule has 0 atom stereocenters. The van der Waals surface area contributed by atoms with E-state index in [0.717, 1.165) is 5.56 Å². The minimum atomic E-state index is -1.51. The highest BCUT2D eigenvalue weighted by Gasteiger charge is 2.22. The lowest BCUT2D eigenvalue weighted by atomic mass is 9.75. The van der Waals surface area contributed by atoms with Crippen LogP contribution in [-0.4, -0.2) is 23.3 Å². The van der Waals surface area contributed by atoms with Gasteiger partial charge in [-0.2, -0.15) is 0 Å². The minimum Gasteiger partial charge on any atom is -0.491 e. The summed E-state index contributed by atoms with van der Waals surface area (Å²) in [6, 6.07) is 5.56. The summed E-state index contributed by atoms with van der Waals surface area (Å²) in [4.78, 5) is 0. The average molecular weight is 236 g/mol. The van der Waals surface area contributed by atoms with Gasteiger partial charge in [0.25, 0.3) is 0 Å². The Balaban J connectivity index is 3.18. The van der Waals surface area contributed by atoms with Gasteiger partial charge in [0, 0.05) is 5.46 Å². The Labute approximate surface area is 104 Å². The van der Waals surface area contributed by atoms with E-state index in [2.05, 4.69) is 20.8 Å². The lowest BCUT2D eigenvalue weighted by Gasteiger charge is -2.22. The van der Waals surface area contributed by atoms with Crippen molar-refractivity contribution in [3.63, 3.8) is 0 Å². The van der Waals surface area contributed by atoms with Gasteiger partial charge in [-0.25, -0.2) is 0 Å². The van der Waals surface area contributed by atoms with Gasteiger partial charge in [0.2, 0.25) is 0 Å². The van der Waals surface area contributed by atoms with Crippen LogP contribution >= 0.6 is 0 Å². The van der Waals surface area contributed by atoms with E-state index >= 15 is 0 Å². The van der Waals surface area contributed by atoms with Crippen LogP contribution in [0.25, 0.3) is 0 Å². The molecule has 0 bridgehead atoms. The standard InChI is InChI=1S/C13H21BO3/c1-9(2)17-12-7-6-10(13(3,4)5)8-11(12)14(15)16/h6-9,15-16H,1-5H3. The molecule has 4 heteroatoms. The van der Waals surface area contributed by atoms with Crippen LogP contribution in [0.2, 0.25) is 0 Å². The molecule has 0 aliphatic rings. The molecule has 0 aromatic heterocycles. The highest BCUT2D eigenvalue weighted by atomic mass is 16.5. The molecule has 1 aromatic carbocycles. The first-order valence-electron chi connectivity index (χ1n) is 5.89. The summed E-state index contributed by atoms with van der Waals surface area (Å²) in [6.07, 6.45) is 0.00740. The van der Waals surface area contributed by atoms with Crippen molar-refractivity contribution in [1.82, 2.24) is 0 Å². The monoisotopic (exact) mass is 236 g/mol. The fraction of sp³-hybridized carbons (Fsp3) is 0.538. The Kier molecular flexibility index (Phi) is 4.23. The third-order valence-electron chi connectivity index (χ3n) is 2.52. The summed E-state index contributed by atoms with van der Waals surface area (Å²) < 4.78 is 5.55. The molecule has 0 saturated heterocycles. The molecular formula is C13H21BO3. The molecule has 0 fully saturated rings. The van der Waals surface area contributed by atoms with Crippen molar-refractivity contribution in [2.75, 3.05) is 0 Å². The SMILES string of the molecule is CC(C)Oc1ccc(C(C)(C)C)cc1B(O)O. The largest absolute Gasteiger partial charge is 0.492 e. The van der Waals surface area contributed by atoms with E-state index in [1.54, 1.807) is 12.1 Å². The first-order valence-corrected chi connectivity index (χ1v) is 5.89. The number of hydrogen-bond donors (Lipinski definition) is 2. The van der Waals surface area contributed by atoms with Crippen molar-refractivity contribution in [1.29, 1.82) is 0 Å². The van der Waals surface area contributed by atoms with Crippen LogP contribution in [0.5, 0.6) is 5.75 Å². The fourth-order valence-corrected chi connectivity index (χ4v) is 1.58. The topological polar surface area (TPSA) is 49.7 Å². The van der Waals surface area contributed by atoms with Gasteiger partial charge < -0.3 is 14.8 Å². The highest BCUT2D eigenvalue weighted by Crippen LogP contribution is 2.23. The predicted octanol–water partition coefficient (Wildman–Crippen LogP) is 1.45. The minimum absolute atomic E-state index is 0.00740. The molecule has 0 amide bonds. The Bertz CT molecular complexity index is 381. The van der Waals surface area contributed by atoms with Crippen molar-refractivity contribution < 1.29 is 14.8 Å². The molecule has 0 aliphatic heterocycles. The lowest BCUT2D eigenvalue weighted by molar-refractivity contribution is 0.243. The summed E-state index contributed by atoms with van der Waals surface area (Å²) in [5.74, 6) is 0.531. The number of hydrogen-bond acceptors (Lipinski definition) is 3. The third-order valence-corrected chi connectivity index (χ3v) is 2.52. The quantitative estimate of drug-likeness (QED) is 0.781. The summed E-state index contributed by atoms with van der Waals surface area (Å²) in [5.41, 5.74) is 1.45. The van der Waals surface area contributed by atoms with E-state index < -0.39 is 7.12 Å². The lowest BCUT2D eigenvalue weighted by Crippen LogP contribution is -2.33. The molecule has 0 spiro atoms. The van der Waals surface area contributed by atoms with Crippen molar-refractivity contribution in [3.8, 4) is 5.75 Å². The third kappa shape index (κ3) is 3.75. The molecule has 1 aromatic rings. The Hall–Kier alpha value is -0.995. The van der Waals surface area contributed by atoms with Crippen LogP contribution < -0.4 is 10.2 Å². The molecule has 1 rings (SSSR count). The van der Waals surface area contributed by atoms with Crippen molar-refractivity contribution in [2.45, 2.75) is 46.1 Å². The van der Waals surface area contributed by atoms with E-state index in [1.807, 2.05) is 19.9 Å². The van der Waals surface area contributed by atoms with Crippen molar-refractivity contribution in [2.24, 2.45) is 0 Å². The van der Waals surface area contributed by atoms with Gasteiger partial charge in [0.1, 0.15) is 5.75 Å². The maximum atomic E-state index is 9.38. The van der Waals surface area contributed by atoms with Crippen LogP contribution in [0.15, 0.2) is 18.2 Å². The van der Waals surface area contributed by atoms with Crippen LogP contribution in [0.1, 0.15) is 40.2 Å². The molecule has 2 N–H and O–H groups in total. The zero-order valence-electron chi connectivity index (χ0n) is 11.2. The zero-order chi connectivity index (χ0) is 13.2. The Morgan fingerprint density at radius 2 is 1.76 bits per heavy atom. The normalized spacial score (nSPS) is 11.8. The zero-order valence-corrected chi connectivity index (χ0v) is 11.2. The first kappa shape index (κ1) is 14.1. The second-order valence-corrected chi connectivity index (χ2v) is 5.54. The van der Waals surface area contributed by atoms with Gasteiger partial charge in [0.15, 0.2) is 0 Å². The molecule has 94 valence electrons. The second-order valence-electron chi connectivity index (χ2n) is 5.54. The number of ether oxygens (including phenoxy) is 1. The fourth-order valence-electron chi connectivity index (χ4n) is 1.58. The molecular weight excluding hydrogens is 215 g/mol. The van der Waals surface area contributed by atoms with Crippen LogP contribution in [-0.2, 0) is 5.41 Å². The smallest absolute Gasteiger partial charge is 0.491 e. The van der Waals surface area contributed by atoms with E-state index in [-0.39, 0.29) is 11.5 Å². The highest BCUT2D eigenvalue weighted by molar-refractivity contribution is 6.59. The number of benzene rings is 1. The molecule has 0 aliphatic carbocycles. The van der Waals surface area contributed by atoms with Crippen molar-refractivity contribution in [3.05, 3.63) is 23.8 Å². The molecule has 3 nitrogen and oxygen atoms in total. The molecule has 17 heavy (non-hydrogen) atoms. The summed E-state index contributed by atoms with van der Waals surface area (Å²) in [5, 5.41) is 18.8. The Morgan fingerprint density at radius 1 is 1.18 bits per heavy atom. The van der Waals surface area contributed by atoms with Crippen LogP contribution in [0, 0.1) is 0 Å². The number of rotatable bonds is 3. The summed E-state index contributed by atoms with van der Waals surface area (Å²) in [7, 11) is -1.51. The van der Waals surface area contributed by atoms with Crippen LogP contribution in [0.4, 0.5) is 0 Å². The Morgan fingerprint density at radius 3 is 2.18 bits per heavy atom. The van der Waals surface area contributed by atoms with Crippen molar-refractivity contribution >= 4 is 12.6 Å². The second kappa shape index (κ2) is 5.11. The van der Waals surface area contributed by atoms with Gasteiger partial charge >= 0.3 is 7.12 Å². The predicted molar refractivity (Wildman–Crippen MR) is 70.7 cm³/mol.